The second kappa shape index (κ2) is 5.25. The molecule has 0 radical (unpaired) electrons. The molecule has 2 rings (SSSR count). The fourth-order valence-electron chi connectivity index (χ4n) is 2.23. The van der Waals surface area contributed by atoms with Gasteiger partial charge in [-0.1, -0.05) is 6.42 Å². The summed E-state index contributed by atoms with van der Waals surface area (Å²) in [5.41, 5.74) is 0.444. The Morgan fingerprint density at radius 3 is 2.78 bits per heavy atom. The van der Waals surface area contributed by atoms with E-state index in [1.807, 2.05) is 0 Å². The molecule has 1 N–H and O–H groups in total. The van der Waals surface area contributed by atoms with Crippen molar-refractivity contribution < 1.29 is 14.7 Å². The van der Waals surface area contributed by atoms with Crippen LogP contribution >= 0.6 is 0 Å². The Morgan fingerprint density at radius 1 is 1.50 bits per heavy atom. The fourth-order valence-corrected chi connectivity index (χ4v) is 2.23. The van der Waals surface area contributed by atoms with Crippen molar-refractivity contribution in [3.63, 3.8) is 0 Å². The van der Waals surface area contributed by atoms with Crippen molar-refractivity contribution in [1.29, 1.82) is 0 Å². The van der Waals surface area contributed by atoms with Crippen LogP contribution in [0.1, 0.15) is 29.8 Å². The molecule has 0 bridgehead atoms. The number of carboxylic acids is 1. The molecule has 1 heterocycles. The SMILES string of the molecule is CN(CC1CCC1)C(=O)c1cccn1CC(=O)O. The third-order valence-electron chi connectivity index (χ3n) is 3.46. The van der Waals surface area contributed by atoms with Crippen LogP contribution in [0.4, 0.5) is 0 Å². The molecule has 1 aromatic rings. The van der Waals surface area contributed by atoms with Gasteiger partial charge < -0.3 is 14.6 Å². The molecule has 0 atom stereocenters. The average Bonchev–Trinajstić information content (AvgIpc) is 2.69. The summed E-state index contributed by atoms with van der Waals surface area (Å²) in [4.78, 5) is 24.6. The Labute approximate surface area is 106 Å². The molecule has 1 saturated carbocycles. The Morgan fingerprint density at radius 2 is 2.22 bits per heavy atom. The number of aliphatic carboxylic acids is 1. The summed E-state index contributed by atoms with van der Waals surface area (Å²) in [5, 5.41) is 8.78. The zero-order chi connectivity index (χ0) is 13.1. The van der Waals surface area contributed by atoms with Crippen molar-refractivity contribution in [3.05, 3.63) is 24.0 Å². The van der Waals surface area contributed by atoms with E-state index in [4.69, 9.17) is 5.11 Å². The first-order chi connectivity index (χ1) is 8.58. The van der Waals surface area contributed by atoms with Gasteiger partial charge in [-0.2, -0.15) is 0 Å². The van der Waals surface area contributed by atoms with Gasteiger partial charge in [0.15, 0.2) is 0 Å². The number of carbonyl (C=O) groups is 2. The van der Waals surface area contributed by atoms with E-state index >= 15 is 0 Å². The second-order valence-electron chi connectivity index (χ2n) is 4.90. The van der Waals surface area contributed by atoms with Crippen molar-refractivity contribution in [2.24, 2.45) is 5.92 Å². The molecule has 18 heavy (non-hydrogen) atoms. The van der Waals surface area contributed by atoms with E-state index in [2.05, 4.69) is 0 Å². The number of rotatable bonds is 5. The van der Waals surface area contributed by atoms with Crippen LogP contribution in [0.15, 0.2) is 18.3 Å². The highest BCUT2D eigenvalue weighted by molar-refractivity contribution is 5.93. The molecule has 1 fully saturated rings. The van der Waals surface area contributed by atoms with Crippen LogP contribution in [-0.2, 0) is 11.3 Å². The van der Waals surface area contributed by atoms with Crippen LogP contribution in [0.25, 0.3) is 0 Å². The first-order valence-corrected chi connectivity index (χ1v) is 6.20. The molecule has 0 aliphatic heterocycles. The summed E-state index contributed by atoms with van der Waals surface area (Å²) in [6, 6.07) is 3.37. The molecule has 1 aliphatic carbocycles. The van der Waals surface area contributed by atoms with Crippen molar-refractivity contribution in [2.75, 3.05) is 13.6 Å². The predicted octanol–water partition coefficient (Wildman–Crippen LogP) is 1.44. The van der Waals surface area contributed by atoms with Crippen molar-refractivity contribution >= 4 is 11.9 Å². The third kappa shape index (κ3) is 2.72. The van der Waals surface area contributed by atoms with Gasteiger partial charge >= 0.3 is 5.97 Å². The van der Waals surface area contributed by atoms with E-state index in [-0.39, 0.29) is 12.5 Å². The van der Waals surface area contributed by atoms with E-state index in [0.29, 0.717) is 11.6 Å². The number of hydrogen-bond donors (Lipinski definition) is 1. The van der Waals surface area contributed by atoms with Gasteiger partial charge in [-0.25, -0.2) is 0 Å². The molecule has 0 aromatic carbocycles. The van der Waals surface area contributed by atoms with Crippen LogP contribution in [0, 0.1) is 5.92 Å². The smallest absolute Gasteiger partial charge is 0.323 e. The molecule has 5 heteroatoms. The van der Waals surface area contributed by atoms with Crippen LogP contribution in [0.5, 0.6) is 0 Å². The molecule has 0 spiro atoms. The third-order valence-corrected chi connectivity index (χ3v) is 3.46. The topological polar surface area (TPSA) is 62.5 Å². The monoisotopic (exact) mass is 250 g/mol. The minimum absolute atomic E-state index is 0.104. The molecule has 5 nitrogen and oxygen atoms in total. The Bertz CT molecular complexity index is 449. The first kappa shape index (κ1) is 12.7. The average molecular weight is 250 g/mol. The van der Waals surface area contributed by atoms with Crippen LogP contribution in [0.3, 0.4) is 0 Å². The number of carboxylic acid groups (broad SMARTS) is 1. The second-order valence-corrected chi connectivity index (χ2v) is 4.90. The Kier molecular flexibility index (Phi) is 3.69. The van der Waals surface area contributed by atoms with Crippen molar-refractivity contribution in [3.8, 4) is 0 Å². The lowest BCUT2D eigenvalue weighted by Crippen LogP contribution is -2.35. The summed E-state index contributed by atoms with van der Waals surface area (Å²) >= 11 is 0. The van der Waals surface area contributed by atoms with Gasteiger partial charge in [-0.3, -0.25) is 9.59 Å². The normalized spacial score (nSPS) is 15.2. The Balaban J connectivity index is 2.02. The van der Waals surface area contributed by atoms with Gasteiger partial charge in [0.25, 0.3) is 5.91 Å². The summed E-state index contributed by atoms with van der Waals surface area (Å²) in [6.45, 7) is 0.586. The lowest BCUT2D eigenvalue weighted by molar-refractivity contribution is -0.137. The molecule has 98 valence electrons. The van der Waals surface area contributed by atoms with Gasteiger partial charge in [0.05, 0.1) is 0 Å². The molecule has 0 saturated heterocycles. The maximum Gasteiger partial charge on any atom is 0.323 e. The Hall–Kier alpha value is -1.78. The summed E-state index contributed by atoms with van der Waals surface area (Å²) in [5.74, 6) is -0.433. The molecule has 1 amide bonds. The van der Waals surface area contributed by atoms with Crippen LogP contribution < -0.4 is 0 Å². The largest absolute Gasteiger partial charge is 0.480 e. The quantitative estimate of drug-likeness (QED) is 0.860. The van der Waals surface area contributed by atoms with E-state index in [1.165, 1.54) is 23.8 Å². The summed E-state index contributed by atoms with van der Waals surface area (Å²) in [6.07, 6.45) is 5.25. The standard InChI is InChI=1S/C13H18N2O3/c1-14(8-10-4-2-5-10)13(18)11-6-3-7-15(11)9-12(16)17/h3,6-7,10H,2,4-5,8-9H2,1H3,(H,16,17). The molecular formula is C13H18N2O3. The van der Waals surface area contributed by atoms with E-state index in [1.54, 1.807) is 30.3 Å². The summed E-state index contributed by atoms with van der Waals surface area (Å²) < 4.78 is 1.47. The molecular weight excluding hydrogens is 232 g/mol. The number of amides is 1. The summed E-state index contributed by atoms with van der Waals surface area (Å²) in [7, 11) is 1.78. The van der Waals surface area contributed by atoms with E-state index < -0.39 is 5.97 Å². The number of aromatic nitrogens is 1. The highest BCUT2D eigenvalue weighted by Crippen LogP contribution is 2.27. The number of carbonyl (C=O) groups excluding carboxylic acids is 1. The van der Waals surface area contributed by atoms with Gasteiger partial charge in [-0.05, 0) is 30.9 Å². The number of hydrogen-bond acceptors (Lipinski definition) is 2. The van der Waals surface area contributed by atoms with E-state index in [9.17, 15) is 9.59 Å². The zero-order valence-electron chi connectivity index (χ0n) is 10.5. The lowest BCUT2D eigenvalue weighted by Gasteiger charge is -2.30. The van der Waals surface area contributed by atoms with Gasteiger partial charge in [0.2, 0.25) is 0 Å². The van der Waals surface area contributed by atoms with Crippen LogP contribution in [0.2, 0.25) is 0 Å². The lowest BCUT2D eigenvalue weighted by atomic mass is 9.85. The maximum absolute atomic E-state index is 12.2. The maximum atomic E-state index is 12.2. The van der Waals surface area contributed by atoms with Crippen LogP contribution in [-0.4, -0.2) is 40.0 Å². The molecule has 1 aromatic heterocycles. The van der Waals surface area contributed by atoms with Gasteiger partial charge in [0, 0.05) is 19.8 Å². The minimum Gasteiger partial charge on any atom is -0.480 e. The van der Waals surface area contributed by atoms with E-state index in [0.717, 1.165) is 6.54 Å². The zero-order valence-corrected chi connectivity index (χ0v) is 10.5. The molecule has 0 unspecified atom stereocenters. The van der Waals surface area contributed by atoms with Crippen molar-refractivity contribution in [1.82, 2.24) is 9.47 Å². The fraction of sp³-hybridized carbons (Fsp3) is 0.538. The van der Waals surface area contributed by atoms with Crippen molar-refractivity contribution in [2.45, 2.75) is 25.8 Å². The predicted molar refractivity (Wildman–Crippen MR) is 66.4 cm³/mol. The minimum atomic E-state index is -0.943. The first-order valence-electron chi connectivity index (χ1n) is 6.20. The highest BCUT2D eigenvalue weighted by Gasteiger charge is 2.23. The van der Waals surface area contributed by atoms with Gasteiger partial charge in [0.1, 0.15) is 12.2 Å². The number of nitrogens with zero attached hydrogens (tertiary/aromatic N) is 2. The molecule has 1 aliphatic rings. The highest BCUT2D eigenvalue weighted by atomic mass is 16.4. The van der Waals surface area contributed by atoms with Gasteiger partial charge in [-0.15, -0.1) is 0 Å².